The third kappa shape index (κ3) is 7.31. The van der Waals surface area contributed by atoms with Gasteiger partial charge in [-0.1, -0.05) is 30.3 Å². The molecule has 12 nitrogen and oxygen atoms in total. The number of hydrogen-bond donors (Lipinski definition) is 5. The molecule has 3 atom stereocenters. The molecule has 0 saturated heterocycles. The molecule has 1 aliphatic carbocycles. The third-order valence-electron chi connectivity index (χ3n) is 8.75. The number of aromatic nitrogens is 1. The minimum atomic E-state index is -1.30. The van der Waals surface area contributed by atoms with E-state index in [1.165, 1.54) is 25.2 Å². The van der Waals surface area contributed by atoms with Crippen LogP contribution in [0, 0.1) is 3.57 Å². The van der Waals surface area contributed by atoms with Crippen molar-refractivity contribution in [2.24, 2.45) is 0 Å². The van der Waals surface area contributed by atoms with Crippen LogP contribution < -0.4 is 19.5 Å². The number of carbonyl (C=O) groups is 2. The Morgan fingerprint density at radius 3 is 2.54 bits per heavy atom. The highest BCUT2D eigenvalue weighted by Crippen LogP contribution is 2.38. The Hall–Kier alpha value is -4.57. The number of benzene rings is 3. The second-order valence-corrected chi connectivity index (χ2v) is 13.1. The monoisotopic (exact) mass is 795 g/mol. The van der Waals surface area contributed by atoms with Gasteiger partial charge in [0.05, 0.1) is 37.0 Å². The fourth-order valence-electron chi connectivity index (χ4n) is 6.27. The maximum absolute atomic E-state index is 14.5. The van der Waals surface area contributed by atoms with Crippen molar-refractivity contribution in [2.45, 2.75) is 37.7 Å². The summed E-state index contributed by atoms with van der Waals surface area (Å²) in [5.74, 6) is 0.206. The SMILES string of the molecule is COc1cc(CO)cc(I)c1OC1C=C(C(=O)NCCO)CC(N(CCc2cc3ccccc3[nH]2)C(=O)c2cc3cccc(OC)c3o2)C1O. The zero-order chi connectivity index (χ0) is 35.4. The maximum Gasteiger partial charge on any atom is 0.289 e. The van der Waals surface area contributed by atoms with E-state index in [4.69, 9.17) is 18.6 Å². The van der Waals surface area contributed by atoms with Gasteiger partial charge in [0, 0.05) is 48.1 Å². The van der Waals surface area contributed by atoms with Gasteiger partial charge in [-0.3, -0.25) is 9.59 Å². The fourth-order valence-corrected chi connectivity index (χ4v) is 7.06. The standard InChI is InChI=1S/C37H38IN3O9/c1-47-29-9-5-7-23-18-32(50-34(23)29)37(46)41(12-10-25-16-22-6-3-4-8-27(22)40-25)28-17-24(36(45)39-11-13-42)19-30(33(28)44)49-35-26(38)14-21(20-43)15-31(35)48-2/h3-9,14-16,18-19,28,30,33,40,42-44H,10-13,17,20H2,1-2H3,(H,39,45). The van der Waals surface area contributed by atoms with Crippen LogP contribution in [-0.2, 0) is 17.8 Å². The Labute approximate surface area is 301 Å². The smallest absolute Gasteiger partial charge is 0.289 e. The number of H-pyrrole nitrogens is 1. The molecule has 2 heterocycles. The number of fused-ring (bicyclic) bond motifs is 2. The highest BCUT2D eigenvalue weighted by atomic mass is 127. The molecular formula is C37H38IN3O9. The van der Waals surface area contributed by atoms with Gasteiger partial charge in [0.1, 0.15) is 12.2 Å². The van der Waals surface area contributed by atoms with Crippen LogP contribution in [0.25, 0.3) is 21.9 Å². The lowest BCUT2D eigenvalue weighted by Gasteiger charge is -2.40. The molecule has 2 aromatic heterocycles. The van der Waals surface area contributed by atoms with Crippen LogP contribution >= 0.6 is 22.6 Å². The van der Waals surface area contributed by atoms with E-state index < -0.39 is 30.1 Å². The summed E-state index contributed by atoms with van der Waals surface area (Å²) in [6.07, 6.45) is -0.450. The molecule has 5 N–H and O–H groups in total. The van der Waals surface area contributed by atoms with Crippen molar-refractivity contribution < 1.29 is 43.5 Å². The largest absolute Gasteiger partial charge is 0.493 e. The first-order valence-electron chi connectivity index (χ1n) is 16.1. The molecule has 2 amide bonds. The minimum absolute atomic E-state index is 0.00203. The van der Waals surface area contributed by atoms with E-state index in [1.54, 1.807) is 30.3 Å². The van der Waals surface area contributed by atoms with Gasteiger partial charge >= 0.3 is 0 Å². The van der Waals surface area contributed by atoms with Crippen LogP contribution in [0.4, 0.5) is 0 Å². The highest BCUT2D eigenvalue weighted by molar-refractivity contribution is 14.1. The summed E-state index contributed by atoms with van der Waals surface area (Å²) in [6.45, 7) is -0.293. The van der Waals surface area contributed by atoms with Crippen molar-refractivity contribution in [2.75, 3.05) is 33.9 Å². The van der Waals surface area contributed by atoms with Crippen molar-refractivity contribution in [3.05, 3.63) is 99.0 Å². The van der Waals surface area contributed by atoms with Crippen LogP contribution in [0.3, 0.4) is 0 Å². The molecule has 5 aromatic rings. The first-order chi connectivity index (χ1) is 24.2. The molecule has 50 heavy (non-hydrogen) atoms. The van der Waals surface area contributed by atoms with Crippen LogP contribution in [0.5, 0.6) is 17.2 Å². The van der Waals surface area contributed by atoms with Crippen molar-refractivity contribution in [3.8, 4) is 17.2 Å². The molecule has 0 fully saturated rings. The van der Waals surface area contributed by atoms with Crippen LogP contribution in [0.15, 0.2) is 82.8 Å². The number of amides is 2. The summed E-state index contributed by atoms with van der Waals surface area (Å²) in [5, 5.41) is 35.5. The molecule has 0 bridgehead atoms. The molecule has 0 aliphatic heterocycles. The number of carbonyl (C=O) groups excluding carboxylic acids is 2. The number of furan rings is 1. The van der Waals surface area contributed by atoms with Gasteiger partial charge in [0.25, 0.3) is 5.91 Å². The number of ether oxygens (including phenoxy) is 3. The molecule has 13 heteroatoms. The number of methoxy groups -OCH3 is 2. The number of nitrogens with one attached hydrogen (secondary N) is 2. The molecule has 1 aliphatic rings. The second kappa shape index (κ2) is 15.5. The number of nitrogens with zero attached hydrogens (tertiary/aromatic N) is 1. The van der Waals surface area contributed by atoms with E-state index in [0.717, 1.165) is 16.6 Å². The summed E-state index contributed by atoms with van der Waals surface area (Å²) in [7, 11) is 2.99. The van der Waals surface area contributed by atoms with Crippen molar-refractivity contribution in [3.63, 3.8) is 0 Å². The normalized spacial score (nSPS) is 17.4. The van der Waals surface area contributed by atoms with Crippen LogP contribution in [0.1, 0.15) is 28.2 Å². The zero-order valence-electron chi connectivity index (χ0n) is 27.5. The zero-order valence-corrected chi connectivity index (χ0v) is 29.7. The van der Waals surface area contributed by atoms with E-state index >= 15 is 0 Å². The summed E-state index contributed by atoms with van der Waals surface area (Å²) in [6, 6.07) is 19.3. The topological polar surface area (TPSA) is 167 Å². The minimum Gasteiger partial charge on any atom is -0.493 e. The number of hydrogen-bond acceptors (Lipinski definition) is 9. The van der Waals surface area contributed by atoms with Gasteiger partial charge in [-0.25, -0.2) is 0 Å². The quantitative estimate of drug-likeness (QED) is 0.109. The van der Waals surface area contributed by atoms with Gasteiger partial charge in [0.15, 0.2) is 28.6 Å². The van der Waals surface area contributed by atoms with Gasteiger partial charge in [-0.05, 0) is 76.0 Å². The summed E-state index contributed by atoms with van der Waals surface area (Å²) >= 11 is 2.06. The molecule has 6 rings (SSSR count). The van der Waals surface area contributed by atoms with Crippen molar-refractivity contribution in [1.29, 1.82) is 0 Å². The Bertz CT molecular complexity index is 2000. The second-order valence-electron chi connectivity index (χ2n) is 11.9. The number of aromatic amines is 1. The Balaban J connectivity index is 1.40. The molecule has 0 radical (unpaired) electrons. The third-order valence-corrected chi connectivity index (χ3v) is 9.55. The molecule has 0 spiro atoms. The first-order valence-corrected chi connectivity index (χ1v) is 17.2. The Morgan fingerprint density at radius 2 is 1.80 bits per heavy atom. The molecule has 0 saturated carbocycles. The molecule has 3 aromatic carbocycles. The number of aliphatic hydroxyl groups is 3. The predicted octanol–water partition coefficient (Wildman–Crippen LogP) is 4.33. The van der Waals surface area contributed by atoms with Gasteiger partial charge in [-0.2, -0.15) is 0 Å². The fraction of sp³-hybridized carbons (Fsp3) is 0.297. The molecule has 262 valence electrons. The number of aliphatic hydroxyl groups excluding tert-OH is 3. The molecule has 3 unspecified atom stereocenters. The highest BCUT2D eigenvalue weighted by Gasteiger charge is 2.42. The lowest BCUT2D eigenvalue weighted by molar-refractivity contribution is -0.118. The number of rotatable bonds is 13. The maximum atomic E-state index is 14.5. The van der Waals surface area contributed by atoms with E-state index in [1.807, 2.05) is 36.4 Å². The average Bonchev–Trinajstić information content (AvgIpc) is 3.76. The van der Waals surface area contributed by atoms with Crippen LogP contribution in [0.2, 0.25) is 0 Å². The summed E-state index contributed by atoms with van der Waals surface area (Å²) in [5.41, 5.74) is 3.13. The number of halogens is 1. The van der Waals surface area contributed by atoms with Gasteiger partial charge in [-0.15, -0.1) is 0 Å². The molecular weight excluding hydrogens is 757 g/mol. The first kappa shape index (κ1) is 35.3. The lowest BCUT2D eigenvalue weighted by atomic mass is 9.87. The predicted molar refractivity (Wildman–Crippen MR) is 194 cm³/mol. The van der Waals surface area contributed by atoms with E-state index in [-0.39, 0.29) is 44.1 Å². The van der Waals surface area contributed by atoms with Gasteiger partial charge in [0.2, 0.25) is 5.91 Å². The van der Waals surface area contributed by atoms with Crippen LogP contribution in [-0.4, -0.2) is 89.2 Å². The number of para-hydroxylation sites is 2. The summed E-state index contributed by atoms with van der Waals surface area (Å²) in [4.78, 5) is 32.8. The van der Waals surface area contributed by atoms with Crippen molar-refractivity contribution >= 4 is 56.3 Å². The van der Waals surface area contributed by atoms with Crippen molar-refractivity contribution in [1.82, 2.24) is 15.2 Å². The Morgan fingerprint density at radius 1 is 1.02 bits per heavy atom. The van der Waals surface area contributed by atoms with Gasteiger partial charge < -0.3 is 49.1 Å². The summed E-state index contributed by atoms with van der Waals surface area (Å²) < 4.78 is 24.1. The Kier molecular flexibility index (Phi) is 11.0. The average molecular weight is 796 g/mol. The van der Waals surface area contributed by atoms with E-state index in [2.05, 4.69) is 32.9 Å². The van der Waals surface area contributed by atoms with E-state index in [9.17, 15) is 24.9 Å². The van der Waals surface area contributed by atoms with E-state index in [0.29, 0.717) is 43.8 Å². The lowest BCUT2D eigenvalue weighted by Crippen LogP contribution is -2.55.